The normalized spacial score (nSPS) is 9.45. The Labute approximate surface area is 130 Å². The maximum Gasteiger partial charge on any atom is 1.00 e. The Morgan fingerprint density at radius 1 is 1.09 bits per heavy atom. The molecule has 0 rings (SSSR count). The zero-order valence-electron chi connectivity index (χ0n) is 5.06. The molecule has 0 aromatic carbocycles. The van der Waals surface area contributed by atoms with Gasteiger partial charge in [-0.2, -0.15) is 0 Å². The van der Waals surface area contributed by atoms with E-state index in [0.29, 0.717) is 0 Å². The average molecular weight is 335 g/mol. The molecule has 0 aromatic heterocycles. The molecule has 0 bridgehead atoms. The summed E-state index contributed by atoms with van der Waals surface area (Å²) in [4.78, 5) is 21.6. The molecular weight excluding hydrogens is 332 g/mol. The smallest absolute Gasteiger partial charge is 1.00 e. The van der Waals surface area contributed by atoms with Gasteiger partial charge in [-0.3, -0.25) is 0 Å². The minimum atomic E-state index is -4.64. The fraction of sp³-hybridized carbons (Fsp3) is 0. The van der Waals surface area contributed by atoms with Crippen LogP contribution in [-0.2, 0) is 15.7 Å². The first kappa shape index (κ1) is 23.9. The Morgan fingerprint density at radius 2 is 1.09 bits per heavy atom. The Balaban J connectivity index is -0.0000000383. The average Bonchev–Trinajstić information content (AvgIpc) is 1.19. The maximum atomic E-state index is 8.88. The van der Waals surface area contributed by atoms with Gasteiger partial charge in [0, 0.05) is 0 Å². The first-order valence-corrected chi connectivity index (χ1v) is 7.31. The third kappa shape index (κ3) is 149. The number of halogens is 4. The van der Waals surface area contributed by atoms with Crippen molar-refractivity contribution in [1.82, 2.24) is 0 Å². The molecule has 11 heteroatoms. The van der Waals surface area contributed by atoms with Gasteiger partial charge in [-0.15, -0.1) is 0 Å². The van der Waals surface area contributed by atoms with Crippen molar-refractivity contribution in [2.75, 3.05) is 0 Å². The molecular formula is H3Cl4FeKO4P. The topological polar surface area (TPSA) is 77.8 Å². The molecule has 3 N–H and O–H groups in total. The summed E-state index contributed by atoms with van der Waals surface area (Å²) in [6.07, 6.45) is 0. The van der Waals surface area contributed by atoms with E-state index < -0.39 is 19.0 Å². The van der Waals surface area contributed by atoms with Gasteiger partial charge in [-0.1, -0.05) is 0 Å². The quantitative estimate of drug-likeness (QED) is 0.307. The molecule has 0 unspecified atom stereocenters. The Bertz CT molecular complexity index is 93.2. The SMILES string of the molecule is O=P(O)(O)O.[Cl-].[Cl][Fe]([Cl])[Cl].[K+]. The number of rotatable bonds is 0. The van der Waals surface area contributed by atoms with Gasteiger partial charge >= 0.3 is 101 Å². The number of phosphoric acid groups is 1. The van der Waals surface area contributed by atoms with E-state index in [1.807, 2.05) is 0 Å². The van der Waals surface area contributed by atoms with Crippen molar-refractivity contribution in [1.29, 1.82) is 0 Å². The van der Waals surface area contributed by atoms with Gasteiger partial charge in [0.05, 0.1) is 0 Å². The van der Waals surface area contributed by atoms with Crippen LogP contribution in [0.15, 0.2) is 0 Å². The summed E-state index contributed by atoms with van der Waals surface area (Å²) < 4.78 is 8.88. The van der Waals surface area contributed by atoms with Gasteiger partial charge in [0.1, 0.15) is 0 Å². The van der Waals surface area contributed by atoms with E-state index in [1.54, 1.807) is 0 Å². The van der Waals surface area contributed by atoms with Gasteiger partial charge in [0.15, 0.2) is 0 Å². The van der Waals surface area contributed by atoms with E-state index in [2.05, 4.69) is 0 Å². The summed E-state index contributed by atoms with van der Waals surface area (Å²) in [6.45, 7) is 0. The zero-order valence-corrected chi connectivity index (χ0v) is 13.2. The summed E-state index contributed by atoms with van der Waals surface area (Å²) in [7, 11) is 10.0. The molecule has 0 atom stereocenters. The second kappa shape index (κ2) is 13.4. The van der Waals surface area contributed by atoms with Crippen LogP contribution >= 0.6 is 38.1 Å². The summed E-state index contributed by atoms with van der Waals surface area (Å²) in [6, 6.07) is 0. The minimum Gasteiger partial charge on any atom is 1.00 e. The third-order valence-electron chi connectivity index (χ3n) is 0. The van der Waals surface area contributed by atoms with Crippen molar-refractivity contribution >= 4 is 38.1 Å². The van der Waals surface area contributed by atoms with Crippen LogP contribution in [0.4, 0.5) is 0 Å². The van der Waals surface area contributed by atoms with Crippen LogP contribution in [0.1, 0.15) is 0 Å². The molecule has 69 valence electrons. The summed E-state index contributed by atoms with van der Waals surface area (Å²) in [5.41, 5.74) is 0. The summed E-state index contributed by atoms with van der Waals surface area (Å²) in [5.74, 6) is 0. The maximum absolute atomic E-state index is 8.88. The molecule has 11 heavy (non-hydrogen) atoms. The molecule has 0 heterocycles. The molecule has 0 aliphatic rings. The number of hydrogen-bond acceptors (Lipinski definition) is 1. The van der Waals surface area contributed by atoms with E-state index in [1.165, 1.54) is 0 Å². The van der Waals surface area contributed by atoms with Crippen molar-refractivity contribution in [3.63, 3.8) is 0 Å². The van der Waals surface area contributed by atoms with Crippen LogP contribution in [-0.4, -0.2) is 14.7 Å². The molecule has 0 aliphatic heterocycles. The Kier molecular flexibility index (Phi) is 29.2. The van der Waals surface area contributed by atoms with E-state index in [-0.39, 0.29) is 63.8 Å². The van der Waals surface area contributed by atoms with Crippen LogP contribution < -0.4 is 63.8 Å². The van der Waals surface area contributed by atoms with Gasteiger partial charge in [-0.05, 0) is 0 Å². The van der Waals surface area contributed by atoms with E-state index >= 15 is 0 Å². The molecule has 0 radical (unpaired) electrons. The Morgan fingerprint density at radius 3 is 1.09 bits per heavy atom. The first-order valence-electron chi connectivity index (χ1n) is 1.18. The molecule has 0 amide bonds. The molecule has 0 aliphatic carbocycles. The molecule has 0 saturated heterocycles. The van der Waals surface area contributed by atoms with E-state index in [4.69, 9.17) is 49.5 Å². The second-order valence-electron chi connectivity index (χ2n) is 0.665. The standard InChI is InChI=1S/4ClH.Fe.K.H3O4P/c;;;;;;1-5(2,3)4/h4*1H;;;(H3,1,2,3,4)/q;;;;+3;+1;/p-4. The van der Waals surface area contributed by atoms with Gasteiger partial charge in [0.2, 0.25) is 0 Å². The van der Waals surface area contributed by atoms with Crippen LogP contribution in [0.2, 0.25) is 0 Å². The van der Waals surface area contributed by atoms with Crippen molar-refractivity contribution < 1.29 is 94.2 Å². The van der Waals surface area contributed by atoms with Gasteiger partial charge in [-0.25, -0.2) is 4.57 Å². The largest absolute Gasteiger partial charge is 1.00 e. The predicted molar refractivity (Wildman–Crippen MR) is 31.8 cm³/mol. The molecule has 0 fully saturated rings. The monoisotopic (exact) mass is 333 g/mol. The van der Waals surface area contributed by atoms with E-state index in [0.717, 1.165) is 0 Å². The zero-order chi connectivity index (χ0) is 8.08. The van der Waals surface area contributed by atoms with Crippen LogP contribution in [0.3, 0.4) is 0 Å². The summed E-state index contributed by atoms with van der Waals surface area (Å²) in [5, 5.41) is 0. The fourth-order valence-corrected chi connectivity index (χ4v) is 0. The first-order chi connectivity index (χ1) is 3.73. The second-order valence-corrected chi connectivity index (χ2v) is 7.16. The Hall–Kier alpha value is 3.43. The molecule has 4 nitrogen and oxygen atoms in total. The summed E-state index contributed by atoms with van der Waals surface area (Å²) >= 11 is -1.33. The molecule has 0 spiro atoms. The van der Waals surface area contributed by atoms with Crippen LogP contribution in [0, 0.1) is 0 Å². The van der Waals surface area contributed by atoms with Crippen molar-refractivity contribution in [2.45, 2.75) is 0 Å². The van der Waals surface area contributed by atoms with Gasteiger partial charge in [0.25, 0.3) is 0 Å². The minimum absolute atomic E-state index is 0. The fourth-order valence-electron chi connectivity index (χ4n) is 0. The molecule has 0 saturated carbocycles. The van der Waals surface area contributed by atoms with Crippen molar-refractivity contribution in [2.24, 2.45) is 0 Å². The number of hydrogen-bond donors (Lipinski definition) is 3. The van der Waals surface area contributed by atoms with Crippen molar-refractivity contribution in [3.8, 4) is 0 Å². The van der Waals surface area contributed by atoms with Crippen LogP contribution in [0.5, 0.6) is 0 Å². The third-order valence-corrected chi connectivity index (χ3v) is 0. The van der Waals surface area contributed by atoms with Crippen molar-refractivity contribution in [3.05, 3.63) is 0 Å². The predicted octanol–water partition coefficient (Wildman–Crippen LogP) is -4.85. The molecule has 0 aromatic rings. The van der Waals surface area contributed by atoms with E-state index in [9.17, 15) is 0 Å². The van der Waals surface area contributed by atoms with Crippen LogP contribution in [0.25, 0.3) is 0 Å². The van der Waals surface area contributed by atoms with Gasteiger partial charge < -0.3 is 27.1 Å².